The molecule has 3 unspecified atom stereocenters. The number of benzene rings is 1. The first-order valence-electron chi connectivity index (χ1n) is 10.4. The molecule has 10 nitrogen and oxygen atoms in total. The predicted octanol–water partition coefficient (Wildman–Crippen LogP) is 1.45. The van der Waals surface area contributed by atoms with E-state index in [-0.39, 0.29) is 41.4 Å². The van der Waals surface area contributed by atoms with Gasteiger partial charge >= 0.3 is 12.1 Å². The van der Waals surface area contributed by atoms with Gasteiger partial charge in [-0.05, 0) is 38.0 Å². The van der Waals surface area contributed by atoms with Crippen LogP contribution in [0.25, 0.3) is 0 Å². The molecule has 1 aliphatic rings. The van der Waals surface area contributed by atoms with Gasteiger partial charge in [0.2, 0.25) is 11.9 Å². The van der Waals surface area contributed by atoms with Crippen LogP contribution in [-0.2, 0) is 19.1 Å². The van der Waals surface area contributed by atoms with Crippen molar-refractivity contribution >= 4 is 41.0 Å². The SMILES string of the molecule is CCOC(=O)CC(C#N)NC(=O)C1CCN1C(=O)C(NC(=O)c1cc(Cl)c(N)cc1C)C(F)(F)F. The second kappa shape index (κ2) is 11.3. The minimum atomic E-state index is -5.17. The monoisotopic (exact) mass is 517 g/mol. The lowest BCUT2D eigenvalue weighted by Crippen LogP contribution is -2.65. The number of nitrogen functional groups attached to an aromatic ring is 1. The summed E-state index contributed by atoms with van der Waals surface area (Å²) in [7, 11) is 0. The molecule has 1 aromatic rings. The zero-order chi connectivity index (χ0) is 26.5. The summed E-state index contributed by atoms with van der Waals surface area (Å²) in [6, 6.07) is -1.47. The van der Waals surface area contributed by atoms with Gasteiger partial charge < -0.3 is 26.0 Å². The first kappa shape index (κ1) is 27.7. The Hall–Kier alpha value is -3.53. The Morgan fingerprint density at radius 1 is 1.31 bits per heavy atom. The number of nitrogens with one attached hydrogen (secondary N) is 2. The number of nitrogens with zero attached hydrogens (tertiary/aromatic N) is 2. The van der Waals surface area contributed by atoms with Crippen LogP contribution in [0.1, 0.15) is 35.7 Å². The number of carbonyl (C=O) groups excluding carboxylic acids is 4. The molecular formula is C21H23ClF3N5O5. The number of aryl methyl sites for hydroxylation is 1. The molecule has 2 rings (SSSR count). The van der Waals surface area contributed by atoms with E-state index in [9.17, 15) is 32.3 Å². The van der Waals surface area contributed by atoms with Crippen LogP contribution in [0.5, 0.6) is 0 Å². The molecule has 190 valence electrons. The zero-order valence-corrected chi connectivity index (χ0v) is 19.5. The summed E-state index contributed by atoms with van der Waals surface area (Å²) in [5.41, 5.74) is 5.77. The molecular weight excluding hydrogens is 495 g/mol. The van der Waals surface area contributed by atoms with Crippen molar-refractivity contribution in [1.82, 2.24) is 15.5 Å². The molecule has 4 N–H and O–H groups in total. The largest absolute Gasteiger partial charge is 0.466 e. The highest BCUT2D eigenvalue weighted by Crippen LogP contribution is 2.28. The number of hydrogen-bond donors (Lipinski definition) is 3. The normalized spacial score (nSPS) is 16.8. The fourth-order valence-corrected chi connectivity index (χ4v) is 3.48. The highest BCUT2D eigenvalue weighted by molar-refractivity contribution is 6.33. The van der Waals surface area contributed by atoms with Crippen molar-refractivity contribution in [3.63, 3.8) is 0 Å². The quantitative estimate of drug-likeness (QED) is 0.348. The molecule has 14 heteroatoms. The van der Waals surface area contributed by atoms with Gasteiger partial charge in [0.15, 0.2) is 0 Å². The number of amides is 3. The number of likely N-dealkylation sites (tertiary alicyclic amines) is 1. The van der Waals surface area contributed by atoms with Gasteiger partial charge in [0.25, 0.3) is 11.8 Å². The third kappa shape index (κ3) is 6.75. The number of rotatable bonds is 8. The van der Waals surface area contributed by atoms with Crippen LogP contribution in [0.15, 0.2) is 12.1 Å². The molecule has 0 radical (unpaired) electrons. The van der Waals surface area contributed by atoms with E-state index in [2.05, 4.69) is 5.32 Å². The minimum absolute atomic E-state index is 0.0281. The second-order valence-electron chi connectivity index (χ2n) is 7.67. The van der Waals surface area contributed by atoms with Gasteiger partial charge in [-0.25, -0.2) is 0 Å². The van der Waals surface area contributed by atoms with Crippen LogP contribution in [0.4, 0.5) is 18.9 Å². The molecule has 0 aromatic heterocycles. The van der Waals surface area contributed by atoms with Gasteiger partial charge in [0.1, 0.15) is 12.1 Å². The van der Waals surface area contributed by atoms with Crippen LogP contribution in [0, 0.1) is 18.3 Å². The fourth-order valence-electron chi connectivity index (χ4n) is 3.31. The van der Waals surface area contributed by atoms with Crippen molar-refractivity contribution in [2.45, 2.75) is 51.0 Å². The van der Waals surface area contributed by atoms with Crippen molar-refractivity contribution in [2.75, 3.05) is 18.9 Å². The number of nitriles is 1. The standard InChI is InChI=1S/C21H23ClF3N5O5/c1-3-35-16(31)7-11(9-26)28-19(33)15-4-5-30(15)20(34)17(21(23,24)25)29-18(32)12-8-13(22)14(27)6-10(12)2/h6,8,11,15,17H,3-5,7,27H2,1-2H3,(H,28,33)(H,29,32). The summed E-state index contributed by atoms with van der Waals surface area (Å²) in [4.78, 5) is 49.9. The number of anilines is 1. The third-order valence-corrected chi connectivity index (χ3v) is 5.52. The van der Waals surface area contributed by atoms with Crippen LogP contribution < -0.4 is 16.4 Å². The Morgan fingerprint density at radius 2 is 1.97 bits per heavy atom. The molecule has 1 aliphatic heterocycles. The molecule has 0 spiro atoms. The molecule has 0 aliphatic carbocycles. The lowest BCUT2D eigenvalue weighted by atomic mass is 9.99. The first-order valence-corrected chi connectivity index (χ1v) is 10.8. The zero-order valence-electron chi connectivity index (χ0n) is 18.7. The summed E-state index contributed by atoms with van der Waals surface area (Å²) in [6.07, 6.45) is -5.62. The number of halogens is 4. The summed E-state index contributed by atoms with van der Waals surface area (Å²) in [5, 5.41) is 13.0. The number of alkyl halides is 3. The lowest BCUT2D eigenvalue weighted by Gasteiger charge is -2.42. The molecule has 1 fully saturated rings. The molecule has 0 saturated carbocycles. The average molecular weight is 518 g/mol. The van der Waals surface area contributed by atoms with E-state index in [1.165, 1.54) is 13.0 Å². The first-order chi connectivity index (χ1) is 16.3. The molecule has 1 saturated heterocycles. The molecule has 3 atom stereocenters. The predicted molar refractivity (Wildman–Crippen MR) is 117 cm³/mol. The van der Waals surface area contributed by atoms with Crippen LogP contribution >= 0.6 is 11.6 Å². The van der Waals surface area contributed by atoms with E-state index in [1.807, 2.05) is 0 Å². The summed E-state index contributed by atoms with van der Waals surface area (Å²) >= 11 is 5.86. The Balaban J connectivity index is 2.15. The van der Waals surface area contributed by atoms with Crippen LogP contribution in [0.2, 0.25) is 5.02 Å². The van der Waals surface area contributed by atoms with Gasteiger partial charge in [-0.3, -0.25) is 19.2 Å². The second-order valence-corrected chi connectivity index (χ2v) is 8.08. The van der Waals surface area contributed by atoms with E-state index in [0.717, 1.165) is 6.07 Å². The van der Waals surface area contributed by atoms with Crippen molar-refractivity contribution in [3.8, 4) is 6.07 Å². The molecule has 35 heavy (non-hydrogen) atoms. The summed E-state index contributed by atoms with van der Waals surface area (Å²) in [6.45, 7) is 2.86. The maximum absolute atomic E-state index is 13.7. The van der Waals surface area contributed by atoms with Gasteiger partial charge in [0.05, 0.1) is 29.8 Å². The van der Waals surface area contributed by atoms with Crippen molar-refractivity contribution < 1.29 is 37.1 Å². The smallest absolute Gasteiger partial charge is 0.417 e. The van der Waals surface area contributed by atoms with Crippen LogP contribution in [-0.4, -0.2) is 66.0 Å². The third-order valence-electron chi connectivity index (χ3n) is 5.19. The number of nitrogens with two attached hydrogens (primary N) is 1. The number of ether oxygens (including phenoxy) is 1. The van der Waals surface area contributed by atoms with Crippen LogP contribution in [0.3, 0.4) is 0 Å². The lowest BCUT2D eigenvalue weighted by molar-refractivity contribution is -0.180. The van der Waals surface area contributed by atoms with Crippen molar-refractivity contribution in [3.05, 3.63) is 28.3 Å². The molecule has 1 aromatic carbocycles. The average Bonchev–Trinajstić information content (AvgIpc) is 2.72. The summed E-state index contributed by atoms with van der Waals surface area (Å²) < 4.78 is 45.8. The van der Waals surface area contributed by atoms with Gasteiger partial charge in [-0.1, -0.05) is 11.6 Å². The van der Waals surface area contributed by atoms with Crippen molar-refractivity contribution in [2.24, 2.45) is 0 Å². The Morgan fingerprint density at radius 3 is 2.49 bits per heavy atom. The van der Waals surface area contributed by atoms with E-state index in [4.69, 9.17) is 27.3 Å². The molecule has 3 amide bonds. The molecule has 0 bridgehead atoms. The topological polar surface area (TPSA) is 155 Å². The van der Waals surface area contributed by atoms with E-state index < -0.39 is 54.4 Å². The van der Waals surface area contributed by atoms with Gasteiger partial charge in [-0.15, -0.1) is 0 Å². The maximum Gasteiger partial charge on any atom is 0.417 e. The van der Waals surface area contributed by atoms with Gasteiger partial charge in [-0.2, -0.15) is 18.4 Å². The molecule has 1 heterocycles. The Kier molecular flexibility index (Phi) is 8.92. The van der Waals surface area contributed by atoms with Gasteiger partial charge in [0, 0.05) is 12.1 Å². The number of carbonyl (C=O) groups is 4. The maximum atomic E-state index is 13.7. The fraction of sp³-hybridized carbons (Fsp3) is 0.476. The summed E-state index contributed by atoms with van der Waals surface area (Å²) in [5.74, 6) is -4.41. The highest BCUT2D eigenvalue weighted by atomic mass is 35.5. The van der Waals surface area contributed by atoms with E-state index >= 15 is 0 Å². The van der Waals surface area contributed by atoms with E-state index in [0.29, 0.717) is 4.90 Å². The number of hydrogen-bond acceptors (Lipinski definition) is 7. The van der Waals surface area contributed by atoms with Crippen molar-refractivity contribution in [1.29, 1.82) is 5.26 Å². The highest BCUT2D eigenvalue weighted by Gasteiger charge is 2.51. The Labute approximate surface area is 203 Å². The number of esters is 1. The minimum Gasteiger partial charge on any atom is -0.466 e. The Bertz CT molecular complexity index is 1060. The van der Waals surface area contributed by atoms with E-state index in [1.54, 1.807) is 18.3 Å².